The molecule has 3 heterocycles. The summed E-state index contributed by atoms with van der Waals surface area (Å²) in [6.45, 7) is 2.81. The van der Waals surface area contributed by atoms with E-state index in [-0.39, 0.29) is 5.69 Å². The predicted octanol–water partition coefficient (Wildman–Crippen LogP) is 3.15. The van der Waals surface area contributed by atoms with E-state index in [0.717, 1.165) is 30.2 Å². The summed E-state index contributed by atoms with van der Waals surface area (Å²) in [5.41, 5.74) is 1.46. The van der Waals surface area contributed by atoms with Crippen LogP contribution in [0.2, 0.25) is 0 Å². The Kier molecular flexibility index (Phi) is 3.95. The monoisotopic (exact) mass is 364 g/mol. The van der Waals surface area contributed by atoms with Crippen molar-refractivity contribution in [1.29, 1.82) is 0 Å². The minimum atomic E-state index is -4.92. The minimum Gasteiger partial charge on any atom is -0.468 e. The molecule has 4 rings (SSSR count). The van der Waals surface area contributed by atoms with Gasteiger partial charge in [0.1, 0.15) is 11.6 Å². The summed E-state index contributed by atoms with van der Waals surface area (Å²) in [6.07, 6.45) is -3.29. The molecular weight excluding hydrogens is 349 g/mol. The van der Waals surface area contributed by atoms with Gasteiger partial charge in [0.2, 0.25) is 0 Å². The molecule has 6 nitrogen and oxygen atoms in total. The van der Waals surface area contributed by atoms with Crippen LogP contribution in [0.3, 0.4) is 0 Å². The Morgan fingerprint density at radius 1 is 1.27 bits per heavy atom. The second-order valence-corrected chi connectivity index (χ2v) is 6.13. The van der Waals surface area contributed by atoms with Crippen molar-refractivity contribution in [1.82, 2.24) is 14.5 Å². The summed E-state index contributed by atoms with van der Waals surface area (Å²) in [4.78, 5) is 17.8. The fraction of sp³-hybridized carbons (Fsp3) is 0.294. The lowest BCUT2D eigenvalue weighted by Gasteiger charge is -2.26. The molecule has 9 heteroatoms. The Hall–Kier alpha value is -2.81. The molecule has 1 aliphatic rings. The lowest BCUT2D eigenvalue weighted by Crippen LogP contribution is -2.33. The van der Waals surface area contributed by atoms with Crippen molar-refractivity contribution >= 4 is 22.6 Å². The second kappa shape index (κ2) is 6.17. The molecule has 0 bridgehead atoms. The highest BCUT2D eigenvalue weighted by Gasteiger charge is 2.38. The van der Waals surface area contributed by atoms with Gasteiger partial charge in [0.05, 0.1) is 30.4 Å². The molecule has 0 saturated heterocycles. The number of fused-ring (bicyclic) bond motifs is 3. The Bertz CT molecular complexity index is 947. The zero-order chi connectivity index (χ0) is 18.3. The summed E-state index contributed by atoms with van der Waals surface area (Å²) in [7, 11) is 0. The maximum absolute atomic E-state index is 12.4. The van der Waals surface area contributed by atoms with Crippen molar-refractivity contribution in [2.24, 2.45) is 0 Å². The second-order valence-electron chi connectivity index (χ2n) is 6.13. The maximum Gasteiger partial charge on any atom is 0.471 e. The summed E-state index contributed by atoms with van der Waals surface area (Å²) in [6, 6.07) is 8.34. The van der Waals surface area contributed by atoms with Crippen molar-refractivity contribution in [2.75, 3.05) is 11.9 Å². The van der Waals surface area contributed by atoms with Crippen LogP contribution in [0, 0.1) is 0 Å². The molecule has 1 aromatic carbocycles. The van der Waals surface area contributed by atoms with Crippen LogP contribution in [-0.4, -0.2) is 33.1 Å². The first kappa shape index (κ1) is 16.6. The predicted molar refractivity (Wildman–Crippen MR) is 87.2 cm³/mol. The highest BCUT2D eigenvalue weighted by Crippen LogP contribution is 2.25. The lowest BCUT2D eigenvalue weighted by molar-refractivity contribution is -0.167. The number of rotatable bonds is 3. The van der Waals surface area contributed by atoms with Crippen LogP contribution in [0.15, 0.2) is 41.0 Å². The van der Waals surface area contributed by atoms with E-state index in [1.807, 2.05) is 22.0 Å². The molecule has 2 aromatic heterocycles. The van der Waals surface area contributed by atoms with Gasteiger partial charge >= 0.3 is 12.1 Å². The fourth-order valence-electron chi connectivity index (χ4n) is 3.11. The molecule has 0 radical (unpaired) electrons. The summed E-state index contributed by atoms with van der Waals surface area (Å²) in [5, 5.41) is 1.86. The number of anilines is 1. The lowest BCUT2D eigenvalue weighted by atomic mass is 10.2. The van der Waals surface area contributed by atoms with Crippen LogP contribution in [0.5, 0.6) is 0 Å². The highest BCUT2D eigenvalue weighted by molar-refractivity contribution is 5.96. The Morgan fingerprint density at radius 3 is 2.85 bits per heavy atom. The quantitative estimate of drug-likeness (QED) is 0.776. The standard InChI is InChI=1S/C17H15F3N4O2/c18-17(19,20)16(25)21-11-3-4-14-13(8-11)22-15-10-23(5-6-24(14)15)9-12-2-1-7-26-12/h1-4,7-8H,5-6,9-10H2,(H,21,25). The van der Waals surface area contributed by atoms with Crippen molar-refractivity contribution in [3.63, 3.8) is 0 Å². The van der Waals surface area contributed by atoms with Crippen LogP contribution in [-0.2, 0) is 24.4 Å². The molecule has 0 aliphatic carbocycles. The zero-order valence-corrected chi connectivity index (χ0v) is 13.6. The molecule has 1 aliphatic heterocycles. The van der Waals surface area contributed by atoms with Gasteiger partial charge in [0.25, 0.3) is 0 Å². The average molecular weight is 364 g/mol. The largest absolute Gasteiger partial charge is 0.471 e. The van der Waals surface area contributed by atoms with Gasteiger partial charge in [-0.25, -0.2) is 4.98 Å². The van der Waals surface area contributed by atoms with Gasteiger partial charge < -0.3 is 14.3 Å². The Balaban J connectivity index is 1.55. The molecule has 1 N–H and O–H groups in total. The molecular formula is C17H15F3N4O2. The number of hydrogen-bond donors (Lipinski definition) is 1. The highest BCUT2D eigenvalue weighted by atomic mass is 19.4. The van der Waals surface area contributed by atoms with Gasteiger partial charge in [0, 0.05) is 18.8 Å². The van der Waals surface area contributed by atoms with E-state index in [0.29, 0.717) is 18.6 Å². The summed E-state index contributed by atoms with van der Waals surface area (Å²) < 4.78 is 44.6. The minimum absolute atomic E-state index is 0.0720. The number of amides is 1. The number of carbonyl (C=O) groups excluding carboxylic acids is 1. The third kappa shape index (κ3) is 3.17. The van der Waals surface area contributed by atoms with E-state index >= 15 is 0 Å². The maximum atomic E-state index is 12.4. The van der Waals surface area contributed by atoms with Gasteiger partial charge in [-0.05, 0) is 30.3 Å². The first-order valence-corrected chi connectivity index (χ1v) is 8.02. The molecule has 26 heavy (non-hydrogen) atoms. The molecule has 1 amide bonds. The third-order valence-electron chi connectivity index (χ3n) is 4.31. The smallest absolute Gasteiger partial charge is 0.468 e. The number of nitrogens with one attached hydrogen (secondary N) is 1. The number of halogens is 3. The molecule has 3 aromatic rings. The number of carbonyl (C=O) groups is 1. The number of benzene rings is 1. The van der Waals surface area contributed by atoms with Gasteiger partial charge in [0.15, 0.2) is 0 Å². The van der Waals surface area contributed by atoms with Gasteiger partial charge in [-0.1, -0.05) is 0 Å². The van der Waals surface area contributed by atoms with Crippen LogP contribution in [0.1, 0.15) is 11.6 Å². The summed E-state index contributed by atoms with van der Waals surface area (Å²) in [5.74, 6) is -0.297. The van der Waals surface area contributed by atoms with Gasteiger partial charge in [-0.3, -0.25) is 9.69 Å². The van der Waals surface area contributed by atoms with Crippen molar-refractivity contribution < 1.29 is 22.4 Å². The number of imidazole rings is 1. The SMILES string of the molecule is O=C(Nc1ccc2c(c1)nc1n2CCN(Cc2ccco2)C1)C(F)(F)F. The number of aromatic nitrogens is 2. The van der Waals surface area contributed by atoms with Gasteiger partial charge in [-0.2, -0.15) is 13.2 Å². The van der Waals surface area contributed by atoms with E-state index in [1.165, 1.54) is 12.1 Å². The number of nitrogens with zero attached hydrogens (tertiary/aromatic N) is 3. The van der Waals surface area contributed by atoms with Crippen molar-refractivity contribution in [3.05, 3.63) is 48.2 Å². The zero-order valence-electron chi connectivity index (χ0n) is 13.6. The average Bonchev–Trinajstić information content (AvgIpc) is 3.20. The molecule has 136 valence electrons. The number of hydrogen-bond acceptors (Lipinski definition) is 4. The summed E-state index contributed by atoms with van der Waals surface area (Å²) >= 11 is 0. The van der Waals surface area contributed by atoms with Crippen LogP contribution in [0.4, 0.5) is 18.9 Å². The van der Waals surface area contributed by atoms with Crippen molar-refractivity contribution in [2.45, 2.75) is 25.8 Å². The number of alkyl halides is 3. The van der Waals surface area contributed by atoms with Gasteiger partial charge in [-0.15, -0.1) is 0 Å². The van der Waals surface area contributed by atoms with E-state index in [9.17, 15) is 18.0 Å². The topological polar surface area (TPSA) is 63.3 Å². The Labute approximate surface area is 146 Å². The number of furan rings is 1. The van der Waals surface area contributed by atoms with Crippen LogP contribution >= 0.6 is 0 Å². The van der Waals surface area contributed by atoms with E-state index in [1.54, 1.807) is 12.3 Å². The Morgan fingerprint density at radius 2 is 2.12 bits per heavy atom. The van der Waals surface area contributed by atoms with Crippen LogP contribution < -0.4 is 5.32 Å². The van der Waals surface area contributed by atoms with E-state index in [2.05, 4.69) is 9.88 Å². The molecule has 0 fully saturated rings. The normalized spacial score (nSPS) is 15.2. The fourth-order valence-corrected chi connectivity index (χ4v) is 3.11. The molecule has 0 unspecified atom stereocenters. The molecule has 0 spiro atoms. The van der Waals surface area contributed by atoms with E-state index < -0.39 is 12.1 Å². The molecule has 0 saturated carbocycles. The van der Waals surface area contributed by atoms with Crippen LogP contribution in [0.25, 0.3) is 11.0 Å². The van der Waals surface area contributed by atoms with E-state index in [4.69, 9.17) is 4.42 Å². The first-order chi connectivity index (χ1) is 12.4. The first-order valence-electron chi connectivity index (χ1n) is 8.02. The molecule has 0 atom stereocenters. The van der Waals surface area contributed by atoms with Crippen molar-refractivity contribution in [3.8, 4) is 0 Å². The third-order valence-corrected chi connectivity index (χ3v) is 4.31.